The SMILES string of the molecule is OO.[C-]#N.[Fe]. The van der Waals surface area contributed by atoms with E-state index in [-0.39, 0.29) is 17.1 Å². The van der Waals surface area contributed by atoms with Gasteiger partial charge in [0, 0.05) is 17.1 Å². The van der Waals surface area contributed by atoms with Gasteiger partial charge in [0.1, 0.15) is 0 Å². The second kappa shape index (κ2) is 6780. The van der Waals surface area contributed by atoms with Gasteiger partial charge in [0.15, 0.2) is 0 Å². The fraction of sp³-hybridized carbons (Fsp3) is 0. The van der Waals surface area contributed by atoms with Gasteiger partial charge in [0.25, 0.3) is 0 Å². The molecule has 2 N–H and O–H groups in total. The van der Waals surface area contributed by atoms with E-state index in [1.165, 1.54) is 0 Å². The van der Waals surface area contributed by atoms with E-state index in [1.54, 1.807) is 0 Å². The van der Waals surface area contributed by atoms with Gasteiger partial charge in [-0.15, -0.1) is 0 Å². The van der Waals surface area contributed by atoms with Gasteiger partial charge in [-0.25, -0.2) is 0 Å². The van der Waals surface area contributed by atoms with Crippen molar-refractivity contribution < 1.29 is 27.6 Å². The van der Waals surface area contributed by atoms with Crippen molar-refractivity contribution >= 4 is 0 Å². The van der Waals surface area contributed by atoms with Crippen molar-refractivity contribution in [2.75, 3.05) is 0 Å². The predicted molar refractivity (Wildman–Crippen MR) is 10.2 cm³/mol. The van der Waals surface area contributed by atoms with Gasteiger partial charge in [-0.1, -0.05) is 0 Å². The molecule has 0 atom stereocenters. The maximum atomic E-state index is 6.25. The van der Waals surface area contributed by atoms with Crippen molar-refractivity contribution in [2.24, 2.45) is 0 Å². The van der Waals surface area contributed by atoms with Crippen molar-refractivity contribution in [3.8, 4) is 0 Å². The molecule has 0 aromatic carbocycles. The molecule has 0 bridgehead atoms. The summed E-state index contributed by atoms with van der Waals surface area (Å²) < 4.78 is 0. The largest absolute Gasteiger partial charge is 0.512 e. The molecule has 0 spiro atoms. The van der Waals surface area contributed by atoms with E-state index in [9.17, 15) is 0 Å². The van der Waals surface area contributed by atoms with E-state index in [0.717, 1.165) is 0 Å². The minimum Gasteiger partial charge on any atom is -0.512 e. The molecule has 0 rings (SSSR count). The average molecular weight is 116 g/mol. The van der Waals surface area contributed by atoms with Crippen LogP contribution in [0.1, 0.15) is 0 Å². The first-order chi connectivity index (χ1) is 2.00. The Morgan fingerprint density at radius 1 is 1.20 bits per heavy atom. The van der Waals surface area contributed by atoms with Crippen LogP contribution in [-0.2, 0) is 17.1 Å². The molecular weight excluding hydrogens is 114 g/mol. The molecule has 0 aliphatic heterocycles. The standard InChI is InChI=1S/CN.Fe.H2O2/c1-2;;1-2/h;;1-2H/q-1;;. The fourth-order valence-corrected chi connectivity index (χ4v) is 0. The Balaban J connectivity index is -0.0000000133. The quantitative estimate of drug-likeness (QED) is 0.204. The van der Waals surface area contributed by atoms with E-state index in [2.05, 4.69) is 0 Å². The summed E-state index contributed by atoms with van der Waals surface area (Å²) in [5, 5.41) is 18.2. The van der Waals surface area contributed by atoms with Crippen LogP contribution in [-0.4, -0.2) is 10.5 Å². The maximum absolute atomic E-state index is 6.25. The zero-order chi connectivity index (χ0) is 4.00. The van der Waals surface area contributed by atoms with Crippen molar-refractivity contribution in [3.63, 3.8) is 0 Å². The Labute approximate surface area is 40.3 Å². The molecule has 3 nitrogen and oxygen atoms in total. The summed E-state index contributed by atoms with van der Waals surface area (Å²) in [6.45, 7) is 4.75. The van der Waals surface area contributed by atoms with Crippen LogP contribution in [0.5, 0.6) is 0 Å². The summed E-state index contributed by atoms with van der Waals surface area (Å²) in [4.78, 5) is 0. The zero-order valence-corrected chi connectivity index (χ0v) is 3.30. The Morgan fingerprint density at radius 2 is 1.20 bits per heavy atom. The van der Waals surface area contributed by atoms with E-state index in [0.29, 0.717) is 0 Å². The Morgan fingerprint density at radius 3 is 1.20 bits per heavy atom. The summed E-state index contributed by atoms with van der Waals surface area (Å²) in [6, 6.07) is 0. The Kier molecular flexibility index (Phi) is 27700. The minimum atomic E-state index is 0. The fourth-order valence-electron chi connectivity index (χ4n) is 0. The van der Waals surface area contributed by atoms with Crippen LogP contribution in [0.4, 0.5) is 0 Å². The zero-order valence-electron chi connectivity index (χ0n) is 2.20. The smallest absolute Gasteiger partial charge is 0 e. The Bertz CT molecular complexity index is 14.4. The second-order valence-corrected chi connectivity index (χ2v) is 0. The van der Waals surface area contributed by atoms with Crippen molar-refractivity contribution in [1.29, 1.82) is 5.26 Å². The second-order valence-electron chi connectivity index (χ2n) is 0. The molecule has 0 saturated carbocycles. The first-order valence-electron chi connectivity index (χ1n) is 0.424. The van der Waals surface area contributed by atoms with E-state index in [4.69, 9.17) is 22.3 Å². The van der Waals surface area contributed by atoms with Crippen LogP contribution >= 0.6 is 0 Å². The molecular formula is CH2FeNO2-. The first-order valence-corrected chi connectivity index (χ1v) is 0.424. The molecule has 0 unspecified atom stereocenters. The first kappa shape index (κ1) is 20.4. The van der Waals surface area contributed by atoms with E-state index >= 15 is 0 Å². The van der Waals surface area contributed by atoms with Crippen molar-refractivity contribution in [1.82, 2.24) is 0 Å². The molecule has 0 fully saturated rings. The molecule has 0 heterocycles. The molecule has 5 heavy (non-hydrogen) atoms. The van der Waals surface area contributed by atoms with Crippen LogP contribution in [0.15, 0.2) is 0 Å². The van der Waals surface area contributed by atoms with Crippen LogP contribution in [0.3, 0.4) is 0 Å². The summed E-state index contributed by atoms with van der Waals surface area (Å²) in [5.74, 6) is 0. The maximum Gasteiger partial charge on any atom is 0 e. The number of hydrogen-bond donors (Lipinski definition) is 2. The van der Waals surface area contributed by atoms with Gasteiger partial charge in [0.05, 0.1) is 0 Å². The molecule has 0 aromatic rings. The van der Waals surface area contributed by atoms with E-state index < -0.39 is 0 Å². The summed E-state index contributed by atoms with van der Waals surface area (Å²) >= 11 is 0. The molecule has 0 saturated heterocycles. The van der Waals surface area contributed by atoms with Crippen LogP contribution < -0.4 is 0 Å². The number of rotatable bonds is 0. The summed E-state index contributed by atoms with van der Waals surface area (Å²) in [5.41, 5.74) is 0. The van der Waals surface area contributed by atoms with Gasteiger partial charge >= 0.3 is 0 Å². The predicted octanol–water partition coefficient (Wildman–Crippen LogP) is 0.111. The van der Waals surface area contributed by atoms with Crippen LogP contribution in [0.2, 0.25) is 0 Å². The van der Waals surface area contributed by atoms with Crippen LogP contribution in [0, 0.1) is 11.8 Å². The third-order valence-corrected chi connectivity index (χ3v) is 0. The summed E-state index contributed by atoms with van der Waals surface area (Å²) in [7, 11) is 0. The van der Waals surface area contributed by atoms with Crippen molar-refractivity contribution in [3.05, 3.63) is 6.57 Å². The van der Waals surface area contributed by atoms with E-state index in [1.807, 2.05) is 0 Å². The number of hydrogen-bond acceptors (Lipinski definition) is 3. The van der Waals surface area contributed by atoms with Gasteiger partial charge in [-0.2, -0.15) is 0 Å². The normalized spacial score (nSPS) is 1.60. The molecule has 0 amide bonds. The van der Waals surface area contributed by atoms with Gasteiger partial charge in [-0.3, -0.25) is 10.5 Å². The summed E-state index contributed by atoms with van der Waals surface area (Å²) in [6.07, 6.45) is 0. The molecule has 0 aromatic heterocycles. The molecule has 32 valence electrons. The third kappa shape index (κ3) is 2940. The molecule has 0 radical (unpaired) electrons. The van der Waals surface area contributed by atoms with Gasteiger partial charge in [-0.05, 0) is 0 Å². The van der Waals surface area contributed by atoms with Crippen molar-refractivity contribution in [2.45, 2.75) is 0 Å². The number of nitrogens with zero attached hydrogens (tertiary/aromatic N) is 1. The minimum absolute atomic E-state index is 0. The monoisotopic (exact) mass is 116 g/mol. The Hall–Kier alpha value is -0.0705. The molecule has 0 aliphatic rings. The third-order valence-electron chi connectivity index (χ3n) is 0. The molecule has 4 heteroatoms. The van der Waals surface area contributed by atoms with Gasteiger partial charge < -0.3 is 11.8 Å². The topological polar surface area (TPSA) is 64.2 Å². The molecule has 0 aliphatic carbocycles. The van der Waals surface area contributed by atoms with Crippen LogP contribution in [0.25, 0.3) is 0 Å². The average Bonchev–Trinajstić information content (AvgIpc) is 1.50. The van der Waals surface area contributed by atoms with Gasteiger partial charge in [0.2, 0.25) is 0 Å².